The van der Waals surface area contributed by atoms with Gasteiger partial charge in [0.2, 0.25) is 17.7 Å². The Labute approximate surface area is 248 Å². The van der Waals surface area contributed by atoms with Crippen LogP contribution in [0.3, 0.4) is 0 Å². The number of benzene rings is 2. The molecule has 0 aliphatic carbocycles. The van der Waals surface area contributed by atoms with Crippen molar-refractivity contribution in [1.82, 2.24) is 36.3 Å². The maximum atomic E-state index is 13.3. The molecule has 0 spiro atoms. The zero-order chi connectivity index (χ0) is 30.9. The standard InChI is InChI=1S/C29H35N7O7/c1-17-26(38)33-25(18(2)37)29(41)32-22(13-19-7-5-4-6-8-19)28(40)30-11-12-36-15-21(34-35-36)16-43-24-14-20(27(39)31-17)9-10-23(24)42-3/h4-10,14-15,17-18,22,25,37H,11-13,16H2,1-3H3,(H,30,40)(H,31,39)(H,32,41)(H,33,38)/t17-,18+,22-,25-/m0/s1. The molecule has 0 unspecified atom stereocenters. The lowest BCUT2D eigenvalue weighted by Crippen LogP contribution is -2.59. The monoisotopic (exact) mass is 593 g/mol. The third kappa shape index (κ3) is 8.29. The van der Waals surface area contributed by atoms with Gasteiger partial charge in [0.15, 0.2) is 11.5 Å². The van der Waals surface area contributed by atoms with Gasteiger partial charge in [-0.15, -0.1) is 5.10 Å². The lowest BCUT2D eigenvalue weighted by molar-refractivity contribution is -0.134. The van der Waals surface area contributed by atoms with E-state index in [-0.39, 0.29) is 37.4 Å². The van der Waals surface area contributed by atoms with Crippen molar-refractivity contribution in [1.29, 1.82) is 0 Å². The van der Waals surface area contributed by atoms with Gasteiger partial charge in [-0.1, -0.05) is 35.5 Å². The molecule has 228 valence electrons. The van der Waals surface area contributed by atoms with Crippen molar-refractivity contribution in [3.05, 3.63) is 71.5 Å². The van der Waals surface area contributed by atoms with Gasteiger partial charge in [0.1, 0.15) is 30.4 Å². The summed E-state index contributed by atoms with van der Waals surface area (Å²) in [5.74, 6) is -1.86. The van der Waals surface area contributed by atoms with Gasteiger partial charge in [0.05, 0.1) is 26.0 Å². The van der Waals surface area contributed by atoms with Crippen LogP contribution in [0, 0.1) is 0 Å². The van der Waals surface area contributed by atoms with Crippen LogP contribution in [-0.2, 0) is 34.0 Å². The topological polar surface area (TPSA) is 186 Å². The van der Waals surface area contributed by atoms with Crippen LogP contribution < -0.4 is 30.7 Å². The summed E-state index contributed by atoms with van der Waals surface area (Å²) in [5, 5.41) is 29.1. The molecule has 14 heteroatoms. The van der Waals surface area contributed by atoms with Gasteiger partial charge in [-0.3, -0.25) is 23.9 Å². The molecule has 1 aliphatic rings. The average molecular weight is 594 g/mol. The van der Waals surface area contributed by atoms with Crippen molar-refractivity contribution in [2.24, 2.45) is 0 Å². The van der Waals surface area contributed by atoms with Crippen LogP contribution in [0.1, 0.15) is 35.5 Å². The highest BCUT2D eigenvalue weighted by Crippen LogP contribution is 2.28. The summed E-state index contributed by atoms with van der Waals surface area (Å²) in [6, 6.07) is 10.2. The number of nitrogens with one attached hydrogen (secondary N) is 4. The summed E-state index contributed by atoms with van der Waals surface area (Å²) < 4.78 is 12.7. The first-order chi connectivity index (χ1) is 20.6. The van der Waals surface area contributed by atoms with Gasteiger partial charge in [-0.25, -0.2) is 0 Å². The molecule has 2 aromatic carbocycles. The van der Waals surface area contributed by atoms with Gasteiger partial charge < -0.3 is 35.8 Å². The molecule has 4 rings (SSSR count). The quantitative estimate of drug-likeness (QED) is 0.271. The summed E-state index contributed by atoms with van der Waals surface area (Å²) in [5.41, 5.74) is 1.49. The van der Waals surface area contributed by atoms with E-state index in [0.717, 1.165) is 5.56 Å². The molecule has 0 saturated heterocycles. The number of carbonyl (C=O) groups excluding carboxylic acids is 4. The summed E-state index contributed by atoms with van der Waals surface area (Å²) in [6.07, 6.45) is 0.516. The number of ether oxygens (including phenoxy) is 2. The maximum Gasteiger partial charge on any atom is 0.252 e. The molecular weight excluding hydrogens is 558 g/mol. The number of methoxy groups -OCH3 is 1. The van der Waals surface area contributed by atoms with Crippen molar-refractivity contribution < 1.29 is 33.8 Å². The Morgan fingerprint density at radius 1 is 1.05 bits per heavy atom. The van der Waals surface area contributed by atoms with E-state index in [9.17, 15) is 24.3 Å². The Morgan fingerprint density at radius 2 is 1.81 bits per heavy atom. The van der Waals surface area contributed by atoms with E-state index in [2.05, 4.69) is 31.6 Å². The molecule has 4 bridgehead atoms. The number of amides is 4. The fourth-order valence-electron chi connectivity index (χ4n) is 4.36. The van der Waals surface area contributed by atoms with E-state index in [4.69, 9.17) is 9.47 Å². The van der Waals surface area contributed by atoms with Crippen molar-refractivity contribution >= 4 is 23.6 Å². The lowest BCUT2D eigenvalue weighted by atomic mass is 10.0. The number of carbonyl (C=O) groups is 4. The van der Waals surface area contributed by atoms with Crippen molar-refractivity contribution in [2.75, 3.05) is 13.7 Å². The average Bonchev–Trinajstić information content (AvgIpc) is 3.45. The fraction of sp³-hybridized carbons (Fsp3) is 0.379. The number of hydrogen-bond acceptors (Lipinski definition) is 9. The number of nitrogens with zero attached hydrogens (tertiary/aromatic N) is 3. The summed E-state index contributed by atoms with van der Waals surface area (Å²) in [6.45, 7) is 3.27. The molecule has 1 aromatic heterocycles. The zero-order valence-electron chi connectivity index (χ0n) is 24.1. The van der Waals surface area contributed by atoms with E-state index in [1.807, 2.05) is 30.3 Å². The minimum Gasteiger partial charge on any atom is -0.493 e. The van der Waals surface area contributed by atoms with Crippen molar-refractivity contribution in [2.45, 2.75) is 57.6 Å². The van der Waals surface area contributed by atoms with Crippen molar-refractivity contribution in [3.63, 3.8) is 0 Å². The summed E-state index contributed by atoms with van der Waals surface area (Å²) in [7, 11) is 1.46. The Hall–Kier alpha value is -4.98. The molecule has 43 heavy (non-hydrogen) atoms. The highest BCUT2D eigenvalue weighted by Gasteiger charge is 2.31. The predicted molar refractivity (Wildman–Crippen MR) is 153 cm³/mol. The molecule has 0 fully saturated rings. The lowest BCUT2D eigenvalue weighted by Gasteiger charge is -2.26. The molecule has 4 atom stereocenters. The SMILES string of the molecule is COc1ccc2cc1OCc1cn(nn1)CCNC(=O)[C@H](Cc1ccccc1)NC(=O)[C@H]([C@@H](C)O)NC(=O)[C@H](C)NC2=O. The minimum absolute atomic E-state index is 0.0263. The maximum absolute atomic E-state index is 13.3. The van der Waals surface area contributed by atoms with Gasteiger partial charge in [0, 0.05) is 18.5 Å². The van der Waals surface area contributed by atoms with Gasteiger partial charge in [-0.2, -0.15) is 0 Å². The van der Waals surface area contributed by atoms with Crippen LogP contribution in [0.15, 0.2) is 54.7 Å². The second kappa shape index (κ2) is 14.3. The van der Waals surface area contributed by atoms with E-state index < -0.39 is 47.9 Å². The molecule has 14 nitrogen and oxygen atoms in total. The van der Waals surface area contributed by atoms with Crippen LogP contribution >= 0.6 is 0 Å². The first-order valence-corrected chi connectivity index (χ1v) is 13.8. The highest BCUT2D eigenvalue weighted by atomic mass is 16.5. The van der Waals surface area contributed by atoms with E-state index in [0.29, 0.717) is 11.4 Å². The molecule has 4 amide bonds. The van der Waals surface area contributed by atoms with Gasteiger partial charge in [-0.05, 0) is 37.6 Å². The molecular formula is C29H35N7O7. The summed E-state index contributed by atoms with van der Waals surface area (Å²) in [4.78, 5) is 52.5. The predicted octanol–water partition coefficient (Wildman–Crippen LogP) is -0.293. The van der Waals surface area contributed by atoms with Crippen LogP contribution in [-0.4, -0.2) is 81.6 Å². The largest absolute Gasteiger partial charge is 0.493 e. The first kappa shape index (κ1) is 31.0. The Bertz CT molecular complexity index is 1440. The first-order valence-electron chi connectivity index (χ1n) is 13.8. The van der Waals surface area contributed by atoms with E-state index >= 15 is 0 Å². The van der Waals surface area contributed by atoms with Crippen LogP contribution in [0.2, 0.25) is 0 Å². The molecule has 2 heterocycles. The van der Waals surface area contributed by atoms with Crippen LogP contribution in [0.25, 0.3) is 0 Å². The zero-order valence-corrected chi connectivity index (χ0v) is 24.1. The molecule has 0 saturated carbocycles. The second-order valence-corrected chi connectivity index (χ2v) is 10.1. The smallest absolute Gasteiger partial charge is 0.252 e. The molecule has 5 N–H and O–H groups in total. The molecule has 3 aromatic rings. The summed E-state index contributed by atoms with van der Waals surface area (Å²) >= 11 is 0. The van der Waals surface area contributed by atoms with Gasteiger partial charge in [0.25, 0.3) is 5.91 Å². The number of aromatic nitrogens is 3. The number of fused-ring (bicyclic) bond motifs is 4. The highest BCUT2D eigenvalue weighted by molar-refractivity contribution is 5.99. The Balaban J connectivity index is 1.61. The Morgan fingerprint density at radius 3 is 2.53 bits per heavy atom. The molecule has 0 radical (unpaired) electrons. The third-order valence-electron chi connectivity index (χ3n) is 6.75. The minimum atomic E-state index is -1.40. The molecule has 1 aliphatic heterocycles. The van der Waals surface area contributed by atoms with Gasteiger partial charge >= 0.3 is 0 Å². The number of rotatable bonds is 4. The van der Waals surface area contributed by atoms with Crippen LogP contribution in [0.4, 0.5) is 0 Å². The van der Waals surface area contributed by atoms with Crippen molar-refractivity contribution in [3.8, 4) is 11.5 Å². The normalized spacial score (nSPS) is 21.2. The number of hydrogen-bond donors (Lipinski definition) is 5. The Kier molecular flexibility index (Phi) is 10.3. The van der Waals surface area contributed by atoms with Crippen LogP contribution in [0.5, 0.6) is 11.5 Å². The second-order valence-electron chi connectivity index (χ2n) is 10.1. The third-order valence-corrected chi connectivity index (χ3v) is 6.75. The van der Waals surface area contributed by atoms with E-state index in [1.54, 1.807) is 12.3 Å². The number of aliphatic hydroxyl groups is 1. The number of aliphatic hydroxyl groups excluding tert-OH is 1. The van der Waals surface area contributed by atoms with E-state index in [1.165, 1.54) is 37.8 Å². The fourth-order valence-corrected chi connectivity index (χ4v) is 4.36.